The Morgan fingerprint density at radius 3 is 2.67 bits per heavy atom. The minimum absolute atomic E-state index is 0.00443. The third-order valence-electron chi connectivity index (χ3n) is 4.95. The average Bonchev–Trinajstić information content (AvgIpc) is 2.91. The Hall–Kier alpha value is -2.15. The monoisotopic (exact) mass is 395 g/mol. The van der Waals surface area contributed by atoms with Crippen LogP contribution >= 0.6 is 11.3 Å². The number of rotatable bonds is 4. The molecule has 0 fully saturated rings. The Balaban J connectivity index is 2.34. The number of hydrogen-bond acceptors (Lipinski definition) is 3. The number of aromatic carboxylic acids is 1. The number of benzene rings is 1. The zero-order valence-electron chi connectivity index (χ0n) is 15.1. The van der Waals surface area contributed by atoms with Gasteiger partial charge in [0.2, 0.25) is 0 Å². The molecule has 1 aromatic carbocycles. The molecule has 0 unspecified atom stereocenters. The summed E-state index contributed by atoms with van der Waals surface area (Å²) in [5.41, 5.74) is 0.0270. The van der Waals surface area contributed by atoms with E-state index in [4.69, 9.17) is 0 Å². The molecule has 3 nitrogen and oxygen atoms in total. The van der Waals surface area contributed by atoms with Crippen LogP contribution in [0.1, 0.15) is 52.2 Å². The van der Waals surface area contributed by atoms with Crippen LogP contribution in [0.25, 0.3) is 10.4 Å². The molecule has 0 saturated carbocycles. The molecule has 0 atom stereocenters. The highest BCUT2D eigenvalue weighted by atomic mass is 32.1. The highest BCUT2D eigenvalue weighted by molar-refractivity contribution is 7.16. The van der Waals surface area contributed by atoms with Crippen molar-refractivity contribution in [2.75, 3.05) is 0 Å². The normalized spacial score (nSPS) is 16.0. The molecule has 2 aromatic rings. The first-order chi connectivity index (χ1) is 12.5. The van der Waals surface area contributed by atoms with Crippen LogP contribution in [0.15, 0.2) is 23.2 Å². The predicted molar refractivity (Wildman–Crippen MR) is 101 cm³/mol. The number of thiophene rings is 1. The number of carbonyl (C=O) groups is 1. The summed E-state index contributed by atoms with van der Waals surface area (Å²) in [4.78, 5) is 16.8. The lowest BCUT2D eigenvalue weighted by atomic mass is 9.75. The number of fused-ring (bicyclic) bond motifs is 1. The maximum Gasteiger partial charge on any atom is 0.417 e. The third kappa shape index (κ3) is 3.65. The Kier molecular flexibility index (Phi) is 4.93. The molecule has 1 aromatic heterocycles. The van der Waals surface area contributed by atoms with Crippen LogP contribution in [-0.4, -0.2) is 17.8 Å². The van der Waals surface area contributed by atoms with Gasteiger partial charge in [-0.2, -0.15) is 13.2 Å². The van der Waals surface area contributed by atoms with Crippen molar-refractivity contribution >= 4 is 24.0 Å². The Labute approximate surface area is 159 Å². The molecule has 1 heterocycles. The molecule has 3 rings (SSSR count). The number of alkyl halides is 3. The van der Waals surface area contributed by atoms with Crippen LogP contribution in [0, 0.1) is 5.41 Å². The molecular formula is C20H20F3NO2S. The molecule has 7 heteroatoms. The number of carboxylic acids is 1. The van der Waals surface area contributed by atoms with Crippen molar-refractivity contribution < 1.29 is 23.1 Å². The molecule has 1 aliphatic carbocycles. The van der Waals surface area contributed by atoms with Crippen molar-refractivity contribution in [1.82, 2.24) is 0 Å². The van der Waals surface area contributed by atoms with E-state index in [1.807, 2.05) is 0 Å². The number of carboxylic acid groups (broad SMARTS) is 1. The SMILES string of the molecule is C=NCc1cccc(C(F)(F)F)c1-c1sc2c(c1C(=O)O)CC(C)(C)CC2. The molecule has 0 radical (unpaired) electrons. The standard InChI is InChI=1S/C20H20F3NO2S/c1-19(2)8-7-14-12(9-19)16(18(25)26)17(27-14)15-11(10-24-3)5-4-6-13(15)20(21,22)23/h4-6H,3,7-10H2,1-2H3,(H,25,26). The van der Waals surface area contributed by atoms with Gasteiger partial charge < -0.3 is 5.11 Å². The number of aliphatic imine (C=N–C) groups is 1. The fourth-order valence-corrected chi connectivity index (χ4v) is 5.08. The van der Waals surface area contributed by atoms with E-state index < -0.39 is 17.7 Å². The molecular weight excluding hydrogens is 375 g/mol. The second-order valence-electron chi connectivity index (χ2n) is 7.57. The lowest BCUT2D eigenvalue weighted by Gasteiger charge is -2.29. The lowest BCUT2D eigenvalue weighted by Crippen LogP contribution is -2.22. The van der Waals surface area contributed by atoms with Gasteiger partial charge in [-0.15, -0.1) is 11.3 Å². The Bertz CT molecular complexity index is 913. The van der Waals surface area contributed by atoms with Crippen LogP contribution in [0.4, 0.5) is 13.2 Å². The molecule has 0 saturated heterocycles. The van der Waals surface area contributed by atoms with Crippen LogP contribution in [0.3, 0.4) is 0 Å². The largest absolute Gasteiger partial charge is 0.478 e. The first-order valence-electron chi connectivity index (χ1n) is 8.55. The molecule has 0 spiro atoms. The van der Waals surface area contributed by atoms with Gasteiger partial charge in [-0.3, -0.25) is 4.99 Å². The fraction of sp³-hybridized carbons (Fsp3) is 0.400. The fourth-order valence-electron chi connectivity index (χ4n) is 3.68. The second-order valence-corrected chi connectivity index (χ2v) is 8.68. The summed E-state index contributed by atoms with van der Waals surface area (Å²) in [6.45, 7) is 7.47. The maximum atomic E-state index is 13.7. The number of halogens is 3. The van der Waals surface area contributed by atoms with Crippen LogP contribution in [0.2, 0.25) is 0 Å². The Morgan fingerprint density at radius 2 is 2.07 bits per heavy atom. The van der Waals surface area contributed by atoms with Crippen LogP contribution in [0.5, 0.6) is 0 Å². The molecule has 144 valence electrons. The molecule has 1 N–H and O–H groups in total. The van der Waals surface area contributed by atoms with E-state index in [1.165, 1.54) is 17.4 Å². The summed E-state index contributed by atoms with van der Waals surface area (Å²) >= 11 is 1.17. The van der Waals surface area contributed by atoms with E-state index in [0.717, 1.165) is 17.4 Å². The van der Waals surface area contributed by atoms with Crippen molar-refractivity contribution in [3.8, 4) is 10.4 Å². The van der Waals surface area contributed by atoms with Crippen molar-refractivity contribution in [1.29, 1.82) is 0 Å². The topological polar surface area (TPSA) is 49.7 Å². The van der Waals surface area contributed by atoms with Crippen molar-refractivity contribution in [2.24, 2.45) is 10.4 Å². The van der Waals surface area contributed by atoms with Gasteiger partial charge in [0.1, 0.15) is 0 Å². The first-order valence-corrected chi connectivity index (χ1v) is 9.36. The van der Waals surface area contributed by atoms with E-state index in [1.54, 1.807) is 6.07 Å². The van der Waals surface area contributed by atoms with Gasteiger partial charge in [0.05, 0.1) is 22.5 Å². The van der Waals surface area contributed by atoms with Gasteiger partial charge in [0.15, 0.2) is 0 Å². The molecule has 0 bridgehead atoms. The smallest absolute Gasteiger partial charge is 0.417 e. The van der Waals surface area contributed by atoms with Crippen LogP contribution < -0.4 is 0 Å². The third-order valence-corrected chi connectivity index (χ3v) is 6.26. The summed E-state index contributed by atoms with van der Waals surface area (Å²) in [5, 5.41) is 9.85. The predicted octanol–water partition coefficient (Wildman–Crippen LogP) is 5.85. The van der Waals surface area contributed by atoms with E-state index in [9.17, 15) is 23.1 Å². The lowest BCUT2D eigenvalue weighted by molar-refractivity contribution is -0.137. The number of nitrogens with zero attached hydrogens (tertiary/aromatic N) is 1. The van der Waals surface area contributed by atoms with Crippen molar-refractivity contribution in [2.45, 2.75) is 45.8 Å². The van der Waals surface area contributed by atoms with E-state index in [0.29, 0.717) is 24.0 Å². The summed E-state index contributed by atoms with van der Waals surface area (Å²) in [5.74, 6) is -1.19. The molecule has 1 aliphatic rings. The van der Waals surface area contributed by atoms with E-state index in [2.05, 4.69) is 25.6 Å². The molecule has 27 heavy (non-hydrogen) atoms. The van der Waals surface area contributed by atoms with Gasteiger partial charge in [0.25, 0.3) is 0 Å². The summed E-state index contributed by atoms with van der Waals surface area (Å²) < 4.78 is 41.1. The average molecular weight is 395 g/mol. The minimum Gasteiger partial charge on any atom is -0.478 e. The van der Waals surface area contributed by atoms with Gasteiger partial charge in [-0.05, 0) is 48.6 Å². The number of hydrogen-bond donors (Lipinski definition) is 1. The van der Waals surface area contributed by atoms with Gasteiger partial charge in [0, 0.05) is 10.4 Å². The number of aryl methyl sites for hydroxylation is 1. The van der Waals surface area contributed by atoms with Crippen LogP contribution in [-0.2, 0) is 25.6 Å². The zero-order chi connectivity index (χ0) is 20.0. The zero-order valence-corrected chi connectivity index (χ0v) is 15.9. The van der Waals surface area contributed by atoms with E-state index >= 15 is 0 Å². The van der Waals surface area contributed by atoms with Gasteiger partial charge in [-0.25, -0.2) is 4.79 Å². The molecule has 0 amide bonds. The highest BCUT2D eigenvalue weighted by Crippen LogP contribution is 2.48. The summed E-state index contributed by atoms with van der Waals surface area (Å²) in [7, 11) is 0. The molecule has 0 aliphatic heterocycles. The highest BCUT2D eigenvalue weighted by Gasteiger charge is 2.38. The first kappa shape index (κ1) is 19.6. The quantitative estimate of drug-likeness (QED) is 0.661. The maximum absolute atomic E-state index is 13.7. The van der Waals surface area contributed by atoms with Crippen molar-refractivity contribution in [3.05, 3.63) is 45.3 Å². The minimum atomic E-state index is -4.59. The summed E-state index contributed by atoms with van der Waals surface area (Å²) in [6.07, 6.45) is -2.49. The van der Waals surface area contributed by atoms with Gasteiger partial charge >= 0.3 is 12.1 Å². The summed E-state index contributed by atoms with van der Waals surface area (Å²) in [6, 6.07) is 3.87. The van der Waals surface area contributed by atoms with Crippen molar-refractivity contribution in [3.63, 3.8) is 0 Å². The van der Waals surface area contributed by atoms with Gasteiger partial charge in [-0.1, -0.05) is 26.0 Å². The Morgan fingerprint density at radius 1 is 1.37 bits per heavy atom. The van der Waals surface area contributed by atoms with E-state index in [-0.39, 0.29) is 28.0 Å². The second kappa shape index (κ2) is 6.78.